The number of alkyl halides is 1. The highest BCUT2D eigenvalue weighted by molar-refractivity contribution is 7.93. The summed E-state index contributed by atoms with van der Waals surface area (Å²) < 4.78 is 10.1. The van der Waals surface area contributed by atoms with Crippen LogP contribution in [0, 0.1) is 0 Å². The minimum atomic E-state index is -1.12. The molecule has 0 aromatic rings. The molecule has 0 rings (SSSR count). The lowest BCUT2D eigenvalue weighted by Gasteiger charge is -2.09. The van der Waals surface area contributed by atoms with Crippen molar-refractivity contribution >= 4 is 22.8 Å². The van der Waals surface area contributed by atoms with Crippen molar-refractivity contribution in [2.45, 2.75) is 11.6 Å². The van der Waals surface area contributed by atoms with Crippen LogP contribution in [-0.2, 0) is 16.3 Å². The molecule has 0 heterocycles. The molecule has 0 N–H and O–H groups in total. The van der Waals surface area contributed by atoms with E-state index in [0.29, 0.717) is 0 Å². The fourth-order valence-corrected chi connectivity index (χ4v) is 1.00. The SMILES string of the molecule is CC(Cl)[S+]([O-])CC[O]. The Balaban J connectivity index is 3.17. The first kappa shape index (κ1) is 8.56. The first-order valence-corrected chi connectivity index (χ1v) is 4.09. The van der Waals surface area contributed by atoms with E-state index >= 15 is 0 Å². The Hall–Kier alpha value is 0.560. The lowest BCUT2D eigenvalue weighted by atomic mass is 10.9. The van der Waals surface area contributed by atoms with Crippen LogP contribution in [0.1, 0.15) is 6.92 Å². The molecule has 0 fully saturated rings. The quantitative estimate of drug-likeness (QED) is 0.438. The summed E-state index contributed by atoms with van der Waals surface area (Å²) in [6.45, 7) is 1.32. The predicted molar refractivity (Wildman–Crippen MR) is 33.9 cm³/mol. The summed E-state index contributed by atoms with van der Waals surface area (Å²) in [6.07, 6.45) is 0. The van der Waals surface area contributed by atoms with E-state index in [9.17, 15) is 9.66 Å². The normalized spacial score (nSPS) is 18.0. The number of hydrogen-bond donors (Lipinski definition) is 0. The van der Waals surface area contributed by atoms with Gasteiger partial charge in [0.15, 0.2) is 4.71 Å². The Morgan fingerprint density at radius 1 is 1.88 bits per heavy atom. The number of hydrogen-bond acceptors (Lipinski definition) is 1. The van der Waals surface area contributed by atoms with Crippen LogP contribution in [0.4, 0.5) is 0 Å². The molecule has 0 amide bonds. The third-order valence-electron chi connectivity index (χ3n) is 0.647. The zero-order valence-electron chi connectivity index (χ0n) is 4.59. The largest absolute Gasteiger partial charge is 0.615 e. The summed E-state index contributed by atoms with van der Waals surface area (Å²) in [5.41, 5.74) is 0. The van der Waals surface area contributed by atoms with Gasteiger partial charge in [0.1, 0.15) is 12.4 Å². The van der Waals surface area contributed by atoms with Crippen LogP contribution in [-0.4, -0.2) is 21.6 Å². The van der Waals surface area contributed by atoms with Crippen LogP contribution >= 0.6 is 11.6 Å². The van der Waals surface area contributed by atoms with E-state index in [1.807, 2.05) is 0 Å². The molecule has 0 aliphatic carbocycles. The number of halogens is 1. The third kappa shape index (κ3) is 3.55. The smallest absolute Gasteiger partial charge is 0.185 e. The van der Waals surface area contributed by atoms with Crippen molar-refractivity contribution in [3.8, 4) is 0 Å². The van der Waals surface area contributed by atoms with Crippen LogP contribution in [0.2, 0.25) is 0 Å². The maximum Gasteiger partial charge on any atom is 0.185 e. The molecule has 0 saturated carbocycles. The average molecular weight is 156 g/mol. The molecule has 0 saturated heterocycles. The van der Waals surface area contributed by atoms with E-state index in [1.54, 1.807) is 6.92 Å². The zero-order valence-corrected chi connectivity index (χ0v) is 6.17. The van der Waals surface area contributed by atoms with Crippen LogP contribution in [0.25, 0.3) is 0 Å². The highest BCUT2D eigenvalue weighted by Gasteiger charge is 2.11. The minimum absolute atomic E-state index is 0.171. The Bertz CT molecular complexity index is 60.0. The van der Waals surface area contributed by atoms with Gasteiger partial charge in [0, 0.05) is 0 Å². The molecule has 49 valence electrons. The minimum Gasteiger partial charge on any atom is -0.615 e. The van der Waals surface area contributed by atoms with Gasteiger partial charge in [-0.25, -0.2) is 5.11 Å². The van der Waals surface area contributed by atoms with Crippen LogP contribution in [0.3, 0.4) is 0 Å². The van der Waals surface area contributed by atoms with Gasteiger partial charge >= 0.3 is 0 Å². The summed E-state index contributed by atoms with van der Waals surface area (Å²) in [5.74, 6) is 0.171. The standard InChI is InChI=1S/C4H8ClO2S/c1-4(5)8(7)3-2-6/h4H,2-3H2,1H3. The average Bonchev–Trinajstić information content (AvgIpc) is 1.67. The monoisotopic (exact) mass is 155 g/mol. The predicted octanol–water partition coefficient (Wildman–Crippen LogP) is 0.750. The van der Waals surface area contributed by atoms with Crippen molar-refractivity contribution in [1.82, 2.24) is 0 Å². The molecule has 0 aromatic heterocycles. The first-order chi connectivity index (χ1) is 3.68. The van der Waals surface area contributed by atoms with Crippen molar-refractivity contribution in [1.29, 1.82) is 0 Å². The van der Waals surface area contributed by atoms with Crippen molar-refractivity contribution in [2.75, 3.05) is 12.4 Å². The second kappa shape index (κ2) is 4.44. The molecule has 2 nitrogen and oxygen atoms in total. The summed E-state index contributed by atoms with van der Waals surface area (Å²) in [4.78, 5) is 0. The summed E-state index contributed by atoms with van der Waals surface area (Å²) in [5, 5.41) is 9.79. The molecule has 2 atom stereocenters. The Labute approximate surface area is 57.0 Å². The highest BCUT2D eigenvalue weighted by Crippen LogP contribution is 2.04. The van der Waals surface area contributed by atoms with Gasteiger partial charge in [-0.3, -0.25) is 0 Å². The maximum absolute atomic E-state index is 10.5. The number of rotatable bonds is 3. The van der Waals surface area contributed by atoms with E-state index in [4.69, 9.17) is 11.6 Å². The van der Waals surface area contributed by atoms with E-state index < -0.39 is 11.2 Å². The van der Waals surface area contributed by atoms with E-state index in [1.165, 1.54) is 0 Å². The van der Waals surface area contributed by atoms with E-state index in [0.717, 1.165) is 0 Å². The van der Waals surface area contributed by atoms with Gasteiger partial charge in [0.2, 0.25) is 0 Å². The summed E-state index contributed by atoms with van der Waals surface area (Å²) in [7, 11) is 0. The molecule has 0 aliphatic rings. The van der Waals surface area contributed by atoms with Gasteiger partial charge < -0.3 is 4.55 Å². The lowest BCUT2D eigenvalue weighted by Crippen LogP contribution is -2.17. The van der Waals surface area contributed by atoms with Crippen molar-refractivity contribution in [3.05, 3.63) is 0 Å². The molecule has 2 unspecified atom stereocenters. The summed E-state index contributed by atoms with van der Waals surface area (Å²) in [6, 6.07) is 0. The summed E-state index contributed by atoms with van der Waals surface area (Å²) >= 11 is 4.25. The van der Waals surface area contributed by atoms with E-state index in [2.05, 4.69) is 0 Å². The molecule has 8 heavy (non-hydrogen) atoms. The molecule has 0 aromatic carbocycles. The molecule has 0 spiro atoms. The fraction of sp³-hybridized carbons (Fsp3) is 1.00. The van der Waals surface area contributed by atoms with Crippen LogP contribution < -0.4 is 0 Å². The Morgan fingerprint density at radius 3 is 2.50 bits per heavy atom. The van der Waals surface area contributed by atoms with Crippen molar-refractivity contribution in [2.24, 2.45) is 0 Å². The second-order valence-electron chi connectivity index (χ2n) is 1.33. The van der Waals surface area contributed by atoms with Gasteiger partial charge in [-0.2, -0.15) is 0 Å². The van der Waals surface area contributed by atoms with E-state index in [-0.39, 0.29) is 17.1 Å². The third-order valence-corrected chi connectivity index (χ3v) is 2.54. The van der Waals surface area contributed by atoms with Gasteiger partial charge in [-0.05, 0) is 18.1 Å². The molecule has 0 bridgehead atoms. The van der Waals surface area contributed by atoms with Crippen molar-refractivity contribution in [3.63, 3.8) is 0 Å². The van der Waals surface area contributed by atoms with Gasteiger partial charge in [0.25, 0.3) is 0 Å². The topological polar surface area (TPSA) is 43.0 Å². The Morgan fingerprint density at radius 2 is 2.38 bits per heavy atom. The molecule has 1 radical (unpaired) electrons. The van der Waals surface area contributed by atoms with Gasteiger partial charge in [-0.1, -0.05) is 11.6 Å². The van der Waals surface area contributed by atoms with Crippen LogP contribution in [0.5, 0.6) is 0 Å². The molecule has 4 heteroatoms. The zero-order chi connectivity index (χ0) is 6.57. The maximum atomic E-state index is 10.5. The molecular weight excluding hydrogens is 148 g/mol. The first-order valence-electron chi connectivity index (χ1n) is 2.28. The lowest BCUT2D eigenvalue weighted by molar-refractivity contribution is 0.213. The van der Waals surface area contributed by atoms with Gasteiger partial charge in [0.05, 0.1) is 0 Å². The molecular formula is C4H8ClO2S. The van der Waals surface area contributed by atoms with Crippen LogP contribution in [0.15, 0.2) is 0 Å². The second-order valence-corrected chi connectivity index (χ2v) is 4.12. The molecule has 0 aliphatic heterocycles. The highest BCUT2D eigenvalue weighted by atomic mass is 35.5. The van der Waals surface area contributed by atoms with Crippen molar-refractivity contribution < 1.29 is 9.66 Å². The van der Waals surface area contributed by atoms with Gasteiger partial charge in [-0.15, -0.1) is 0 Å². The fourth-order valence-electron chi connectivity index (χ4n) is 0.245. The Kier molecular flexibility index (Phi) is 4.75.